The van der Waals surface area contributed by atoms with Crippen molar-refractivity contribution in [3.05, 3.63) is 64.4 Å². The zero-order valence-electron chi connectivity index (χ0n) is 12.0. The van der Waals surface area contributed by atoms with Gasteiger partial charge in [-0.25, -0.2) is 0 Å². The van der Waals surface area contributed by atoms with Crippen LogP contribution in [0.2, 0.25) is 0 Å². The van der Waals surface area contributed by atoms with Crippen molar-refractivity contribution in [3.8, 4) is 11.5 Å². The van der Waals surface area contributed by atoms with Gasteiger partial charge in [-0.3, -0.25) is 9.59 Å². The van der Waals surface area contributed by atoms with Crippen molar-refractivity contribution < 1.29 is 14.3 Å². The van der Waals surface area contributed by atoms with Crippen LogP contribution in [0.5, 0.6) is 11.5 Å². The van der Waals surface area contributed by atoms with E-state index in [2.05, 4.69) is 10.3 Å². The highest BCUT2D eigenvalue weighted by Gasteiger charge is 2.16. The highest BCUT2D eigenvalue weighted by molar-refractivity contribution is 6.04. The smallest absolute Gasteiger partial charge is 0.272 e. The van der Waals surface area contributed by atoms with Crippen LogP contribution in [0.3, 0.4) is 0 Å². The molecule has 0 bridgehead atoms. The van der Waals surface area contributed by atoms with Gasteiger partial charge in [-0.15, -0.1) is 0 Å². The van der Waals surface area contributed by atoms with Gasteiger partial charge < -0.3 is 19.8 Å². The Morgan fingerprint density at radius 2 is 1.78 bits per heavy atom. The highest BCUT2D eigenvalue weighted by atomic mass is 16.7. The van der Waals surface area contributed by atoms with Gasteiger partial charge in [-0.05, 0) is 24.3 Å². The van der Waals surface area contributed by atoms with Gasteiger partial charge in [0.1, 0.15) is 5.69 Å². The Kier molecular flexibility index (Phi) is 3.01. The molecule has 0 spiro atoms. The molecule has 1 aromatic heterocycles. The summed E-state index contributed by atoms with van der Waals surface area (Å²) in [5.74, 6) is 0.871. The molecule has 114 valence electrons. The predicted molar refractivity (Wildman–Crippen MR) is 85.1 cm³/mol. The summed E-state index contributed by atoms with van der Waals surface area (Å²) < 4.78 is 10.6. The second-order valence-electron chi connectivity index (χ2n) is 5.13. The summed E-state index contributed by atoms with van der Waals surface area (Å²) in [5.41, 5.74) is 0.917. The summed E-state index contributed by atoms with van der Waals surface area (Å²) in [6, 6.07) is 13.8. The molecule has 0 unspecified atom stereocenters. The molecule has 0 aliphatic carbocycles. The lowest BCUT2D eigenvalue weighted by atomic mass is 10.1. The summed E-state index contributed by atoms with van der Waals surface area (Å²) in [4.78, 5) is 27.1. The van der Waals surface area contributed by atoms with Crippen molar-refractivity contribution >= 4 is 22.5 Å². The Labute approximate surface area is 130 Å². The minimum absolute atomic E-state index is 0.160. The average Bonchev–Trinajstić information content (AvgIpc) is 3.01. The van der Waals surface area contributed by atoms with E-state index in [0.29, 0.717) is 22.6 Å². The Hall–Kier alpha value is -3.28. The number of benzene rings is 2. The first-order chi connectivity index (χ1) is 11.2. The zero-order valence-corrected chi connectivity index (χ0v) is 12.0. The molecule has 0 atom stereocenters. The third-order valence-corrected chi connectivity index (χ3v) is 3.62. The van der Waals surface area contributed by atoms with E-state index in [1.807, 2.05) is 6.07 Å². The lowest BCUT2D eigenvalue weighted by molar-refractivity contribution is 0.102. The van der Waals surface area contributed by atoms with Crippen LogP contribution in [-0.2, 0) is 0 Å². The molecule has 2 aromatic carbocycles. The number of hydrogen-bond donors (Lipinski definition) is 2. The third-order valence-electron chi connectivity index (χ3n) is 3.62. The second-order valence-corrected chi connectivity index (χ2v) is 5.13. The van der Waals surface area contributed by atoms with Crippen molar-refractivity contribution in [1.29, 1.82) is 0 Å². The standard InChI is InChI=1S/C17H12N2O4/c20-16(10-4-2-1-3-5-10)19-13-6-11-7-14-15(23-9-22-14)8-12(11)18-17(13)21/h1-8H,9H2,(H,18,21)(H,19,20). The third kappa shape index (κ3) is 2.40. The molecule has 0 fully saturated rings. The van der Waals surface area contributed by atoms with Crippen molar-refractivity contribution in [2.75, 3.05) is 12.1 Å². The van der Waals surface area contributed by atoms with Gasteiger partial charge in [-0.2, -0.15) is 0 Å². The number of carbonyl (C=O) groups is 1. The van der Waals surface area contributed by atoms with E-state index in [-0.39, 0.29) is 23.9 Å². The number of carbonyl (C=O) groups excluding carboxylic acids is 1. The normalized spacial score (nSPS) is 12.3. The first-order valence-electron chi connectivity index (χ1n) is 7.04. The first-order valence-corrected chi connectivity index (χ1v) is 7.04. The summed E-state index contributed by atoms with van der Waals surface area (Å²) >= 11 is 0. The van der Waals surface area contributed by atoms with Crippen LogP contribution in [0.4, 0.5) is 5.69 Å². The van der Waals surface area contributed by atoms with Gasteiger partial charge >= 0.3 is 0 Å². The van der Waals surface area contributed by atoms with E-state index in [9.17, 15) is 9.59 Å². The Bertz CT molecular complexity index is 963. The molecule has 1 aliphatic heterocycles. The van der Waals surface area contributed by atoms with E-state index in [4.69, 9.17) is 9.47 Å². The molecule has 6 heteroatoms. The maximum atomic E-state index is 12.2. The molecule has 4 rings (SSSR count). The van der Waals surface area contributed by atoms with E-state index in [1.54, 1.807) is 42.5 Å². The molecule has 2 N–H and O–H groups in total. The Morgan fingerprint density at radius 3 is 2.57 bits per heavy atom. The molecule has 1 aliphatic rings. The average molecular weight is 308 g/mol. The number of aromatic amines is 1. The van der Waals surface area contributed by atoms with Crippen LogP contribution in [0.25, 0.3) is 10.9 Å². The highest BCUT2D eigenvalue weighted by Crippen LogP contribution is 2.35. The van der Waals surface area contributed by atoms with Gasteiger partial charge in [0.25, 0.3) is 11.5 Å². The molecule has 0 saturated heterocycles. The molecular weight excluding hydrogens is 296 g/mol. The van der Waals surface area contributed by atoms with Crippen molar-refractivity contribution in [2.24, 2.45) is 0 Å². The lowest BCUT2D eigenvalue weighted by Gasteiger charge is -2.07. The summed E-state index contributed by atoms with van der Waals surface area (Å²) in [6.45, 7) is 0.160. The minimum Gasteiger partial charge on any atom is -0.454 e. The molecule has 6 nitrogen and oxygen atoms in total. The molecule has 2 heterocycles. The fourth-order valence-electron chi connectivity index (χ4n) is 2.47. The number of hydrogen-bond acceptors (Lipinski definition) is 4. The predicted octanol–water partition coefficient (Wildman–Crippen LogP) is 2.51. The fraction of sp³-hybridized carbons (Fsp3) is 0.0588. The lowest BCUT2D eigenvalue weighted by Crippen LogP contribution is -2.19. The SMILES string of the molecule is O=C(Nc1cc2cc3c(cc2[nH]c1=O)OCO3)c1ccccc1. The number of nitrogens with one attached hydrogen (secondary N) is 2. The van der Waals surface area contributed by atoms with Gasteiger partial charge in [0.05, 0.1) is 5.52 Å². The first kappa shape index (κ1) is 13.4. The topological polar surface area (TPSA) is 80.4 Å². The Morgan fingerprint density at radius 1 is 1.04 bits per heavy atom. The monoisotopic (exact) mass is 308 g/mol. The number of amides is 1. The number of fused-ring (bicyclic) bond motifs is 2. The summed E-state index contributed by atoms with van der Waals surface area (Å²) in [5, 5.41) is 3.38. The van der Waals surface area contributed by atoms with Crippen molar-refractivity contribution in [1.82, 2.24) is 4.98 Å². The van der Waals surface area contributed by atoms with Crippen LogP contribution in [-0.4, -0.2) is 17.7 Å². The van der Waals surface area contributed by atoms with E-state index in [0.717, 1.165) is 5.39 Å². The molecule has 1 amide bonds. The molecule has 0 radical (unpaired) electrons. The van der Waals surface area contributed by atoms with Gasteiger partial charge in [0.15, 0.2) is 11.5 Å². The molecular formula is C17H12N2O4. The molecule has 3 aromatic rings. The quantitative estimate of drug-likeness (QED) is 0.762. The van der Waals surface area contributed by atoms with Crippen LogP contribution in [0.15, 0.2) is 53.3 Å². The van der Waals surface area contributed by atoms with Crippen molar-refractivity contribution in [2.45, 2.75) is 0 Å². The van der Waals surface area contributed by atoms with Crippen LogP contribution < -0.4 is 20.3 Å². The number of pyridine rings is 1. The molecule has 0 saturated carbocycles. The van der Waals surface area contributed by atoms with E-state index < -0.39 is 0 Å². The van der Waals surface area contributed by atoms with Crippen molar-refractivity contribution in [3.63, 3.8) is 0 Å². The van der Waals surface area contributed by atoms with Crippen LogP contribution >= 0.6 is 0 Å². The second kappa shape index (κ2) is 5.17. The Balaban J connectivity index is 1.73. The maximum Gasteiger partial charge on any atom is 0.272 e. The van der Waals surface area contributed by atoms with E-state index >= 15 is 0 Å². The van der Waals surface area contributed by atoms with Gasteiger partial charge in [-0.1, -0.05) is 18.2 Å². The van der Waals surface area contributed by atoms with Gasteiger partial charge in [0, 0.05) is 17.0 Å². The summed E-state index contributed by atoms with van der Waals surface area (Å²) in [7, 11) is 0. The fourth-order valence-corrected chi connectivity index (χ4v) is 2.47. The maximum absolute atomic E-state index is 12.2. The number of ether oxygens (including phenoxy) is 2. The number of rotatable bonds is 2. The van der Waals surface area contributed by atoms with Crippen LogP contribution in [0.1, 0.15) is 10.4 Å². The zero-order chi connectivity index (χ0) is 15.8. The summed E-state index contributed by atoms with van der Waals surface area (Å²) in [6.07, 6.45) is 0. The number of H-pyrrole nitrogens is 1. The van der Waals surface area contributed by atoms with Crippen LogP contribution in [0, 0.1) is 0 Å². The molecule has 23 heavy (non-hydrogen) atoms. The number of aromatic nitrogens is 1. The minimum atomic E-state index is -0.374. The van der Waals surface area contributed by atoms with E-state index in [1.165, 1.54) is 0 Å². The van der Waals surface area contributed by atoms with Gasteiger partial charge in [0.2, 0.25) is 6.79 Å². The number of anilines is 1. The largest absolute Gasteiger partial charge is 0.454 e.